The number of rotatable bonds is 8. The summed E-state index contributed by atoms with van der Waals surface area (Å²) in [5.74, 6) is 0.581. The molecule has 36 heavy (non-hydrogen) atoms. The van der Waals surface area contributed by atoms with Crippen molar-refractivity contribution in [3.63, 3.8) is 0 Å². The molecule has 9 heteroatoms. The van der Waals surface area contributed by atoms with E-state index in [-0.39, 0.29) is 22.0 Å². The monoisotopic (exact) mass is 499 g/mol. The van der Waals surface area contributed by atoms with E-state index in [0.29, 0.717) is 29.4 Å². The highest BCUT2D eigenvalue weighted by atomic mass is 35.5. The lowest BCUT2D eigenvalue weighted by Gasteiger charge is -2.08. The van der Waals surface area contributed by atoms with E-state index in [1.54, 1.807) is 42.5 Å². The van der Waals surface area contributed by atoms with Crippen LogP contribution in [-0.2, 0) is 11.4 Å². The Morgan fingerprint density at radius 1 is 1.08 bits per heavy atom. The Hall–Kier alpha value is -4.87. The van der Waals surface area contributed by atoms with Gasteiger partial charge in [-0.15, -0.1) is 0 Å². The molecule has 1 heterocycles. The Bertz CT molecular complexity index is 1470. The van der Waals surface area contributed by atoms with Crippen molar-refractivity contribution >= 4 is 35.0 Å². The van der Waals surface area contributed by atoms with Crippen LogP contribution < -0.4 is 10.1 Å². The van der Waals surface area contributed by atoms with Crippen molar-refractivity contribution in [2.45, 2.75) is 6.61 Å². The van der Waals surface area contributed by atoms with E-state index in [1.807, 2.05) is 36.4 Å². The Balaban J connectivity index is 1.42. The van der Waals surface area contributed by atoms with E-state index < -0.39 is 10.8 Å². The fraction of sp³-hybridized carbons (Fsp3) is 0.0370. The summed E-state index contributed by atoms with van der Waals surface area (Å²) in [6.45, 7) is 0.419. The summed E-state index contributed by atoms with van der Waals surface area (Å²) in [5, 5.41) is 23.3. The van der Waals surface area contributed by atoms with E-state index in [2.05, 4.69) is 5.32 Å². The van der Waals surface area contributed by atoms with Crippen LogP contribution in [0.4, 0.5) is 11.4 Å². The van der Waals surface area contributed by atoms with Gasteiger partial charge in [0, 0.05) is 23.4 Å². The molecule has 0 aliphatic heterocycles. The highest BCUT2D eigenvalue weighted by Crippen LogP contribution is 2.31. The fourth-order valence-corrected chi connectivity index (χ4v) is 3.44. The maximum absolute atomic E-state index is 12.6. The third-order valence-electron chi connectivity index (χ3n) is 5.07. The minimum Gasteiger partial charge on any atom is -0.489 e. The number of hydrogen-bond acceptors (Lipinski definition) is 6. The van der Waals surface area contributed by atoms with Crippen molar-refractivity contribution in [1.82, 2.24) is 0 Å². The number of nitro benzene ring substituents is 1. The van der Waals surface area contributed by atoms with Gasteiger partial charge in [0.2, 0.25) is 0 Å². The highest BCUT2D eigenvalue weighted by molar-refractivity contribution is 6.32. The summed E-state index contributed by atoms with van der Waals surface area (Å²) in [6.07, 6.45) is 1.29. The summed E-state index contributed by atoms with van der Waals surface area (Å²) >= 11 is 5.85. The third kappa shape index (κ3) is 5.97. The smallest absolute Gasteiger partial charge is 0.288 e. The molecular weight excluding hydrogens is 482 g/mol. The van der Waals surface area contributed by atoms with Gasteiger partial charge in [0.25, 0.3) is 11.6 Å². The first-order chi connectivity index (χ1) is 17.4. The fourth-order valence-electron chi connectivity index (χ4n) is 3.26. The minimum absolute atomic E-state index is 0.00894. The molecule has 0 spiro atoms. The third-order valence-corrected chi connectivity index (χ3v) is 5.39. The van der Waals surface area contributed by atoms with E-state index in [4.69, 9.17) is 20.8 Å². The van der Waals surface area contributed by atoms with Gasteiger partial charge in [-0.25, -0.2) is 0 Å². The number of ether oxygens (including phenoxy) is 1. The molecule has 0 unspecified atom stereocenters. The molecule has 1 aromatic heterocycles. The van der Waals surface area contributed by atoms with Gasteiger partial charge >= 0.3 is 0 Å². The predicted molar refractivity (Wildman–Crippen MR) is 135 cm³/mol. The Labute approximate surface area is 211 Å². The van der Waals surface area contributed by atoms with Crippen LogP contribution in [0.15, 0.2) is 94.9 Å². The number of carbonyl (C=O) groups excluding carboxylic acids is 1. The van der Waals surface area contributed by atoms with E-state index in [9.17, 15) is 20.2 Å². The van der Waals surface area contributed by atoms with Gasteiger partial charge in [0.05, 0.1) is 4.92 Å². The van der Waals surface area contributed by atoms with Gasteiger partial charge in [0.1, 0.15) is 40.5 Å². The van der Waals surface area contributed by atoms with Crippen LogP contribution in [0, 0.1) is 21.4 Å². The zero-order valence-electron chi connectivity index (χ0n) is 18.7. The number of benzene rings is 3. The first-order valence-corrected chi connectivity index (χ1v) is 11.0. The molecule has 1 N–H and O–H groups in total. The molecule has 1 amide bonds. The number of amides is 1. The molecule has 8 nitrogen and oxygen atoms in total. The molecule has 0 saturated carbocycles. The molecule has 0 bridgehead atoms. The second-order valence-electron chi connectivity index (χ2n) is 7.55. The summed E-state index contributed by atoms with van der Waals surface area (Å²) in [4.78, 5) is 23.1. The lowest BCUT2D eigenvalue weighted by Crippen LogP contribution is -2.13. The Kier molecular flexibility index (Phi) is 7.44. The number of carbonyl (C=O) groups is 1. The van der Waals surface area contributed by atoms with Gasteiger partial charge in [-0.05, 0) is 54.1 Å². The molecule has 4 aromatic rings. The van der Waals surface area contributed by atoms with Gasteiger partial charge in [-0.3, -0.25) is 14.9 Å². The van der Waals surface area contributed by atoms with Crippen LogP contribution in [0.25, 0.3) is 17.4 Å². The number of nitriles is 1. The van der Waals surface area contributed by atoms with Gasteiger partial charge in [0.15, 0.2) is 0 Å². The summed E-state index contributed by atoms with van der Waals surface area (Å²) in [5.41, 5.74) is 1.53. The van der Waals surface area contributed by atoms with Crippen LogP contribution in [0.2, 0.25) is 5.02 Å². The van der Waals surface area contributed by atoms with Crippen molar-refractivity contribution in [2.75, 3.05) is 5.32 Å². The molecule has 0 radical (unpaired) electrons. The molecular formula is C27H18ClN3O5. The van der Waals surface area contributed by atoms with E-state index in [0.717, 1.165) is 5.56 Å². The Morgan fingerprint density at radius 3 is 2.53 bits per heavy atom. The molecule has 0 aliphatic rings. The second-order valence-corrected chi connectivity index (χ2v) is 7.96. The number of halogens is 1. The van der Waals surface area contributed by atoms with Crippen molar-refractivity contribution < 1.29 is 18.9 Å². The summed E-state index contributed by atoms with van der Waals surface area (Å²) < 4.78 is 11.4. The van der Waals surface area contributed by atoms with Crippen molar-refractivity contribution in [3.8, 4) is 23.1 Å². The summed E-state index contributed by atoms with van der Waals surface area (Å²) in [7, 11) is 0. The molecule has 0 fully saturated rings. The zero-order chi connectivity index (χ0) is 25.5. The first-order valence-electron chi connectivity index (χ1n) is 10.7. The SMILES string of the molecule is N#C/C(=C\c1ccc(-c2ccc(Cl)c([N+](=O)[O-])c2)o1)C(=O)Nc1ccc(OCc2ccccc2)cc1. The van der Waals surface area contributed by atoms with Crippen LogP contribution in [0.5, 0.6) is 5.75 Å². The number of nitrogens with zero attached hydrogens (tertiary/aromatic N) is 2. The molecule has 0 aliphatic carbocycles. The minimum atomic E-state index is -0.615. The van der Waals surface area contributed by atoms with E-state index >= 15 is 0 Å². The highest BCUT2D eigenvalue weighted by Gasteiger charge is 2.16. The quantitative estimate of drug-likeness (QED) is 0.126. The van der Waals surface area contributed by atoms with Crippen LogP contribution in [-0.4, -0.2) is 10.8 Å². The van der Waals surface area contributed by atoms with Crippen LogP contribution in [0.1, 0.15) is 11.3 Å². The predicted octanol–water partition coefficient (Wildman–Crippen LogP) is 6.63. The van der Waals surface area contributed by atoms with Crippen LogP contribution >= 0.6 is 11.6 Å². The van der Waals surface area contributed by atoms with Gasteiger partial charge in [-0.1, -0.05) is 41.9 Å². The maximum Gasteiger partial charge on any atom is 0.288 e. The molecule has 0 saturated heterocycles. The molecule has 0 atom stereocenters. The zero-order valence-corrected chi connectivity index (χ0v) is 19.4. The lowest BCUT2D eigenvalue weighted by molar-refractivity contribution is -0.384. The number of nitro groups is 1. The average Bonchev–Trinajstić information content (AvgIpc) is 3.36. The topological polar surface area (TPSA) is 118 Å². The first kappa shape index (κ1) is 24.3. The number of anilines is 1. The number of nitrogens with one attached hydrogen (secondary N) is 1. The standard InChI is InChI=1S/C27H18ClN3O5/c28-24-12-6-19(15-25(24)31(33)34)26-13-11-23(36-26)14-20(16-29)27(32)30-21-7-9-22(10-8-21)35-17-18-4-2-1-3-5-18/h1-15H,17H2,(H,30,32)/b20-14+. The van der Waals surface area contributed by atoms with Crippen molar-refractivity contribution in [3.05, 3.63) is 117 Å². The maximum atomic E-state index is 12.6. The largest absolute Gasteiger partial charge is 0.489 e. The van der Waals surface area contributed by atoms with Crippen molar-refractivity contribution in [1.29, 1.82) is 5.26 Å². The van der Waals surface area contributed by atoms with E-state index in [1.165, 1.54) is 18.2 Å². The van der Waals surface area contributed by atoms with Crippen LogP contribution in [0.3, 0.4) is 0 Å². The van der Waals surface area contributed by atoms with Crippen molar-refractivity contribution in [2.24, 2.45) is 0 Å². The molecule has 4 rings (SSSR count). The molecule has 3 aromatic carbocycles. The molecule has 178 valence electrons. The number of hydrogen-bond donors (Lipinski definition) is 1. The lowest BCUT2D eigenvalue weighted by atomic mass is 10.1. The number of furan rings is 1. The average molecular weight is 500 g/mol. The summed E-state index contributed by atoms with van der Waals surface area (Å²) in [6, 6.07) is 25.8. The second kappa shape index (κ2) is 11.0. The van der Waals surface area contributed by atoms with Gasteiger partial charge in [-0.2, -0.15) is 5.26 Å². The normalized spacial score (nSPS) is 10.9. The Morgan fingerprint density at radius 2 is 1.83 bits per heavy atom. The van der Waals surface area contributed by atoms with Gasteiger partial charge < -0.3 is 14.5 Å².